The highest BCUT2D eigenvalue weighted by Gasteiger charge is 2.30. The summed E-state index contributed by atoms with van der Waals surface area (Å²) in [5.41, 5.74) is 0.979. The number of halogens is 2. The van der Waals surface area contributed by atoms with Crippen molar-refractivity contribution in [2.24, 2.45) is 0 Å². The largest absolute Gasteiger partial charge is 0.449 e. The van der Waals surface area contributed by atoms with Gasteiger partial charge in [-0.05, 0) is 44.9 Å². The number of nitrogens with one attached hydrogen (secondary N) is 1. The quantitative estimate of drug-likeness (QED) is 0.652. The number of ether oxygens (including phenoxy) is 1. The van der Waals surface area contributed by atoms with Crippen molar-refractivity contribution in [1.29, 1.82) is 0 Å². The van der Waals surface area contributed by atoms with E-state index in [0.29, 0.717) is 16.8 Å². The number of para-hydroxylation sites is 1. The molecule has 1 aliphatic carbocycles. The number of nitrogens with zero attached hydrogens (tertiary/aromatic N) is 2. The fourth-order valence-electron chi connectivity index (χ4n) is 2.98. The number of benzene rings is 1. The lowest BCUT2D eigenvalue weighted by molar-refractivity contribution is -0.123. The average molecular weight is 401 g/mol. The molecule has 7 nitrogen and oxygen atoms in total. The Morgan fingerprint density at radius 3 is 2.62 bits per heavy atom. The molecule has 1 unspecified atom stereocenters. The van der Waals surface area contributed by atoms with E-state index in [9.17, 15) is 18.4 Å². The minimum atomic E-state index is -1.30. The molecule has 1 aromatic carbocycles. The maximum absolute atomic E-state index is 13.7. The summed E-state index contributed by atoms with van der Waals surface area (Å²) < 4.78 is 37.9. The molecule has 0 saturated heterocycles. The van der Waals surface area contributed by atoms with Gasteiger partial charge >= 0.3 is 5.97 Å². The number of fused-ring (bicyclic) bond motifs is 1. The molecule has 0 aliphatic heterocycles. The Labute approximate surface area is 164 Å². The Kier molecular flexibility index (Phi) is 4.73. The van der Waals surface area contributed by atoms with E-state index in [-0.39, 0.29) is 17.2 Å². The number of hydrogen-bond acceptors (Lipinski definition) is 6. The molecule has 0 bridgehead atoms. The van der Waals surface area contributed by atoms with Crippen molar-refractivity contribution >= 4 is 28.7 Å². The Morgan fingerprint density at radius 2 is 1.97 bits per heavy atom. The number of esters is 1. The van der Waals surface area contributed by atoms with Crippen molar-refractivity contribution in [2.45, 2.75) is 38.7 Å². The van der Waals surface area contributed by atoms with Crippen LogP contribution in [0.1, 0.15) is 47.4 Å². The van der Waals surface area contributed by atoms with Crippen LogP contribution >= 0.6 is 0 Å². The molecule has 150 valence electrons. The molecule has 29 heavy (non-hydrogen) atoms. The molecule has 2 heterocycles. The van der Waals surface area contributed by atoms with Gasteiger partial charge < -0.3 is 14.6 Å². The molecule has 0 radical (unpaired) electrons. The van der Waals surface area contributed by atoms with Gasteiger partial charge in [-0.2, -0.15) is 0 Å². The van der Waals surface area contributed by atoms with E-state index < -0.39 is 35.3 Å². The highest BCUT2D eigenvalue weighted by molar-refractivity contribution is 6.04. The fourth-order valence-corrected chi connectivity index (χ4v) is 2.98. The van der Waals surface area contributed by atoms with Crippen molar-refractivity contribution in [3.05, 3.63) is 52.9 Å². The molecule has 1 fully saturated rings. The average Bonchev–Trinajstić information content (AvgIpc) is 3.47. The van der Waals surface area contributed by atoms with Gasteiger partial charge in [-0.15, -0.1) is 0 Å². The summed E-state index contributed by atoms with van der Waals surface area (Å²) in [6, 6.07) is 4.82. The zero-order chi connectivity index (χ0) is 20.7. The second-order valence-corrected chi connectivity index (χ2v) is 6.95. The summed E-state index contributed by atoms with van der Waals surface area (Å²) >= 11 is 0. The van der Waals surface area contributed by atoms with E-state index in [1.807, 2.05) is 0 Å². The lowest BCUT2D eigenvalue weighted by Crippen LogP contribution is -2.30. The second-order valence-electron chi connectivity index (χ2n) is 6.95. The normalized spacial score (nSPS) is 14.6. The molecule has 1 aliphatic rings. The second kappa shape index (κ2) is 7.23. The van der Waals surface area contributed by atoms with Crippen molar-refractivity contribution in [3.8, 4) is 0 Å². The predicted molar refractivity (Wildman–Crippen MR) is 98.4 cm³/mol. The van der Waals surface area contributed by atoms with Crippen LogP contribution in [0, 0.1) is 18.6 Å². The predicted octanol–water partition coefficient (Wildman–Crippen LogP) is 3.87. The Morgan fingerprint density at radius 1 is 1.28 bits per heavy atom. The van der Waals surface area contributed by atoms with E-state index in [0.717, 1.165) is 25.0 Å². The number of rotatable bonds is 5. The first-order valence-electron chi connectivity index (χ1n) is 9.08. The maximum atomic E-state index is 13.7. The van der Waals surface area contributed by atoms with Gasteiger partial charge in [-0.25, -0.2) is 18.6 Å². The number of hydrogen-bond donors (Lipinski definition) is 1. The lowest BCUT2D eigenvalue weighted by atomic mass is 10.1. The number of aryl methyl sites for hydroxylation is 1. The number of carbonyl (C=O) groups is 2. The zero-order valence-electron chi connectivity index (χ0n) is 15.7. The van der Waals surface area contributed by atoms with Crippen LogP contribution in [0.2, 0.25) is 0 Å². The summed E-state index contributed by atoms with van der Waals surface area (Å²) in [4.78, 5) is 29.4. The van der Waals surface area contributed by atoms with E-state index in [4.69, 9.17) is 9.26 Å². The van der Waals surface area contributed by atoms with Crippen LogP contribution in [0.3, 0.4) is 0 Å². The summed E-state index contributed by atoms with van der Waals surface area (Å²) in [6.45, 7) is 2.98. The van der Waals surface area contributed by atoms with Gasteiger partial charge in [0.15, 0.2) is 6.10 Å². The van der Waals surface area contributed by atoms with Crippen molar-refractivity contribution in [2.75, 3.05) is 5.32 Å². The number of carbonyl (C=O) groups excluding carboxylic acids is 2. The highest BCUT2D eigenvalue weighted by Crippen LogP contribution is 2.40. The van der Waals surface area contributed by atoms with Crippen LogP contribution in [0.15, 0.2) is 28.8 Å². The van der Waals surface area contributed by atoms with Gasteiger partial charge in [0.1, 0.15) is 17.3 Å². The fraction of sp³-hybridized carbons (Fsp3) is 0.300. The SMILES string of the molecule is Cc1noc2nc(C3CC3)cc(C(=O)OC(C)C(=O)Nc3c(F)cccc3F)c12. The van der Waals surface area contributed by atoms with Crippen LogP contribution in [0.4, 0.5) is 14.5 Å². The summed E-state index contributed by atoms with van der Waals surface area (Å²) in [5, 5.41) is 6.36. The van der Waals surface area contributed by atoms with Crippen molar-refractivity contribution < 1.29 is 27.6 Å². The van der Waals surface area contributed by atoms with E-state index in [1.165, 1.54) is 13.0 Å². The molecule has 0 spiro atoms. The van der Waals surface area contributed by atoms with E-state index >= 15 is 0 Å². The minimum absolute atomic E-state index is 0.187. The van der Waals surface area contributed by atoms with E-state index in [2.05, 4.69) is 15.5 Å². The Hall–Kier alpha value is -3.36. The van der Waals surface area contributed by atoms with Crippen LogP contribution < -0.4 is 5.32 Å². The van der Waals surface area contributed by atoms with Crippen molar-refractivity contribution in [3.63, 3.8) is 0 Å². The van der Waals surface area contributed by atoms with E-state index in [1.54, 1.807) is 13.0 Å². The van der Waals surface area contributed by atoms with Gasteiger partial charge in [0, 0.05) is 11.6 Å². The van der Waals surface area contributed by atoms with Gasteiger partial charge in [0.25, 0.3) is 11.6 Å². The number of amides is 1. The molecule has 9 heteroatoms. The van der Waals surface area contributed by atoms with Crippen LogP contribution in [-0.4, -0.2) is 28.1 Å². The molecule has 2 aromatic heterocycles. The molecular weight excluding hydrogens is 384 g/mol. The molecule has 3 aromatic rings. The summed E-state index contributed by atoms with van der Waals surface area (Å²) in [5.74, 6) is -3.25. The monoisotopic (exact) mass is 401 g/mol. The van der Waals surface area contributed by atoms with Crippen LogP contribution in [-0.2, 0) is 9.53 Å². The minimum Gasteiger partial charge on any atom is -0.449 e. The first-order valence-corrected chi connectivity index (χ1v) is 9.08. The van der Waals surface area contributed by atoms with Gasteiger partial charge in [-0.1, -0.05) is 11.2 Å². The number of anilines is 1. The highest BCUT2D eigenvalue weighted by atomic mass is 19.1. The first-order chi connectivity index (χ1) is 13.8. The van der Waals surface area contributed by atoms with Gasteiger partial charge in [0.2, 0.25) is 0 Å². The Balaban J connectivity index is 1.56. The van der Waals surface area contributed by atoms with Crippen LogP contribution in [0.5, 0.6) is 0 Å². The summed E-state index contributed by atoms with van der Waals surface area (Å²) in [6.07, 6.45) is 0.634. The topological polar surface area (TPSA) is 94.3 Å². The van der Waals surface area contributed by atoms with Crippen LogP contribution in [0.25, 0.3) is 11.1 Å². The molecule has 4 rings (SSSR count). The number of aromatic nitrogens is 2. The van der Waals surface area contributed by atoms with Gasteiger partial charge in [0.05, 0.1) is 16.6 Å². The third-order valence-electron chi connectivity index (χ3n) is 4.72. The first kappa shape index (κ1) is 19.0. The molecule has 1 amide bonds. The molecule has 1 atom stereocenters. The lowest BCUT2D eigenvalue weighted by Gasteiger charge is -2.15. The Bertz CT molecular complexity index is 1100. The summed E-state index contributed by atoms with van der Waals surface area (Å²) in [7, 11) is 0. The molecule has 1 N–H and O–H groups in total. The maximum Gasteiger partial charge on any atom is 0.339 e. The third kappa shape index (κ3) is 3.67. The smallest absolute Gasteiger partial charge is 0.339 e. The zero-order valence-corrected chi connectivity index (χ0v) is 15.7. The van der Waals surface area contributed by atoms with Gasteiger partial charge in [-0.3, -0.25) is 4.79 Å². The third-order valence-corrected chi connectivity index (χ3v) is 4.72. The molecular formula is C20H17F2N3O4. The van der Waals surface area contributed by atoms with Crippen molar-refractivity contribution in [1.82, 2.24) is 10.1 Å². The standard InChI is InChI=1S/C20H17F2N3O4/c1-9-16-12(8-15(11-6-7-11)23-19(16)29-25-9)20(27)28-10(2)18(26)24-17-13(21)4-3-5-14(17)22/h3-5,8,10-11H,6-7H2,1-2H3,(H,24,26). The number of pyridine rings is 1. The molecule has 1 saturated carbocycles.